The predicted octanol–water partition coefficient (Wildman–Crippen LogP) is 5.79. The Balaban J connectivity index is 1.50. The number of fused-ring (bicyclic) bond motifs is 1. The minimum atomic E-state index is -0.276. The Morgan fingerprint density at radius 3 is 2.51 bits per heavy atom. The first-order valence-electron chi connectivity index (χ1n) is 14.0. The summed E-state index contributed by atoms with van der Waals surface area (Å²) in [4.78, 5) is 27.8. The molecule has 0 spiro atoms. The molecule has 0 unspecified atom stereocenters. The van der Waals surface area contributed by atoms with Gasteiger partial charge >= 0.3 is 0 Å². The lowest BCUT2D eigenvalue weighted by Gasteiger charge is -2.28. The van der Waals surface area contributed by atoms with Crippen molar-refractivity contribution < 1.29 is 9.18 Å². The number of amides is 1. The van der Waals surface area contributed by atoms with Crippen molar-refractivity contribution in [2.75, 3.05) is 31.1 Å². The molecule has 3 aromatic rings. The molecule has 5 rings (SSSR count). The second-order valence-electron chi connectivity index (χ2n) is 10.8. The van der Waals surface area contributed by atoms with Gasteiger partial charge in [-0.25, -0.2) is 19.0 Å². The van der Waals surface area contributed by atoms with Crippen LogP contribution in [0.3, 0.4) is 0 Å². The summed E-state index contributed by atoms with van der Waals surface area (Å²) >= 11 is 0. The van der Waals surface area contributed by atoms with Crippen molar-refractivity contribution in [1.29, 1.82) is 0 Å². The van der Waals surface area contributed by atoms with E-state index in [0.29, 0.717) is 12.5 Å². The number of halogens is 1. The van der Waals surface area contributed by atoms with Crippen molar-refractivity contribution in [1.82, 2.24) is 24.6 Å². The van der Waals surface area contributed by atoms with Gasteiger partial charge in [0.1, 0.15) is 17.5 Å². The molecule has 37 heavy (non-hydrogen) atoms. The number of aromatic nitrogens is 4. The average Bonchev–Trinajstić information content (AvgIpc) is 3.08. The summed E-state index contributed by atoms with van der Waals surface area (Å²) in [7, 11) is 0. The molecule has 1 saturated carbocycles. The predicted molar refractivity (Wildman–Crippen MR) is 145 cm³/mol. The van der Waals surface area contributed by atoms with Gasteiger partial charge in [0, 0.05) is 38.0 Å². The van der Waals surface area contributed by atoms with E-state index in [1.807, 2.05) is 11.6 Å². The third-order valence-electron chi connectivity index (χ3n) is 8.00. The Morgan fingerprint density at radius 2 is 1.78 bits per heavy atom. The van der Waals surface area contributed by atoms with Gasteiger partial charge in [-0.05, 0) is 56.9 Å². The molecule has 1 saturated heterocycles. The van der Waals surface area contributed by atoms with Crippen LogP contribution in [-0.4, -0.2) is 56.7 Å². The molecule has 7 nitrogen and oxygen atoms in total. The number of aryl methyl sites for hydroxylation is 1. The number of rotatable bonds is 6. The number of anilines is 1. The van der Waals surface area contributed by atoms with Crippen LogP contribution in [0.15, 0.2) is 24.3 Å². The summed E-state index contributed by atoms with van der Waals surface area (Å²) in [5.74, 6) is 2.19. The van der Waals surface area contributed by atoms with Crippen LogP contribution in [-0.2, 0) is 4.79 Å². The summed E-state index contributed by atoms with van der Waals surface area (Å²) in [5.41, 5.74) is 2.38. The quantitative estimate of drug-likeness (QED) is 0.424. The van der Waals surface area contributed by atoms with Gasteiger partial charge in [0.25, 0.3) is 0 Å². The maximum atomic E-state index is 13.6. The minimum absolute atomic E-state index is 0.198. The largest absolute Gasteiger partial charge is 0.354 e. The topological polar surface area (TPSA) is 67.2 Å². The monoisotopic (exact) mass is 506 g/mol. The number of hydrogen-bond acceptors (Lipinski definition) is 5. The number of nitrogens with zero attached hydrogens (tertiary/aromatic N) is 6. The van der Waals surface area contributed by atoms with E-state index in [0.717, 1.165) is 85.8 Å². The summed E-state index contributed by atoms with van der Waals surface area (Å²) in [5, 5.41) is 5.75. The SMILES string of the molecule is CCC[C@H](C)c1nc(N2CCCN(C(=O)C3CCCCC3)CC2)c2c(C)nn(-c3ccc(F)cc3)c2n1. The highest BCUT2D eigenvalue weighted by Crippen LogP contribution is 2.32. The van der Waals surface area contributed by atoms with E-state index in [1.54, 1.807) is 12.1 Å². The molecule has 1 aliphatic carbocycles. The molecule has 0 bridgehead atoms. The third-order valence-corrected chi connectivity index (χ3v) is 8.00. The minimum Gasteiger partial charge on any atom is -0.354 e. The number of carbonyl (C=O) groups excluding carboxylic acids is 1. The Morgan fingerprint density at radius 1 is 1.03 bits per heavy atom. The van der Waals surface area contributed by atoms with E-state index >= 15 is 0 Å². The van der Waals surface area contributed by atoms with Gasteiger partial charge < -0.3 is 9.80 Å². The molecule has 0 N–H and O–H groups in total. The molecule has 1 aliphatic heterocycles. The molecule has 2 aliphatic rings. The van der Waals surface area contributed by atoms with Crippen molar-refractivity contribution in [3.8, 4) is 5.69 Å². The van der Waals surface area contributed by atoms with Gasteiger partial charge in [-0.3, -0.25) is 4.79 Å². The zero-order chi connectivity index (χ0) is 25.9. The van der Waals surface area contributed by atoms with Crippen LogP contribution in [0.2, 0.25) is 0 Å². The third kappa shape index (κ3) is 5.34. The van der Waals surface area contributed by atoms with Gasteiger partial charge in [0.05, 0.1) is 16.8 Å². The van der Waals surface area contributed by atoms with E-state index < -0.39 is 0 Å². The van der Waals surface area contributed by atoms with Crippen LogP contribution in [0.4, 0.5) is 10.2 Å². The molecule has 8 heteroatoms. The Labute approximate surface area is 219 Å². The lowest BCUT2D eigenvalue weighted by atomic mass is 9.88. The van der Waals surface area contributed by atoms with Crippen molar-refractivity contribution in [2.45, 2.75) is 78.1 Å². The fourth-order valence-corrected chi connectivity index (χ4v) is 5.91. The van der Waals surface area contributed by atoms with Gasteiger partial charge in [0.15, 0.2) is 5.65 Å². The summed E-state index contributed by atoms with van der Waals surface area (Å²) < 4.78 is 15.5. The van der Waals surface area contributed by atoms with E-state index in [4.69, 9.17) is 15.1 Å². The molecule has 1 amide bonds. The first-order chi connectivity index (χ1) is 18.0. The van der Waals surface area contributed by atoms with E-state index in [9.17, 15) is 9.18 Å². The van der Waals surface area contributed by atoms with Crippen LogP contribution in [0, 0.1) is 18.7 Å². The Kier molecular flexibility index (Phi) is 7.72. The first kappa shape index (κ1) is 25.6. The molecule has 2 aromatic heterocycles. The van der Waals surface area contributed by atoms with Gasteiger partial charge in [0.2, 0.25) is 5.91 Å². The van der Waals surface area contributed by atoms with Crippen molar-refractivity contribution in [3.63, 3.8) is 0 Å². The second kappa shape index (κ2) is 11.2. The Bertz CT molecular complexity index is 1230. The lowest BCUT2D eigenvalue weighted by molar-refractivity contribution is -0.136. The highest BCUT2D eigenvalue weighted by Gasteiger charge is 2.29. The fourth-order valence-electron chi connectivity index (χ4n) is 5.91. The number of hydrogen-bond donors (Lipinski definition) is 0. The molecule has 1 aromatic carbocycles. The molecular formula is C29H39FN6O. The van der Waals surface area contributed by atoms with E-state index in [2.05, 4.69) is 23.6 Å². The van der Waals surface area contributed by atoms with Crippen LogP contribution >= 0.6 is 0 Å². The van der Waals surface area contributed by atoms with Gasteiger partial charge in [-0.1, -0.05) is 39.5 Å². The normalized spacial score (nSPS) is 18.3. The summed E-state index contributed by atoms with van der Waals surface area (Å²) in [6.07, 6.45) is 8.63. The van der Waals surface area contributed by atoms with Crippen molar-refractivity contribution in [3.05, 3.63) is 41.6 Å². The highest BCUT2D eigenvalue weighted by atomic mass is 19.1. The summed E-state index contributed by atoms with van der Waals surface area (Å²) in [6.45, 7) is 9.43. The molecule has 2 fully saturated rings. The van der Waals surface area contributed by atoms with Crippen LogP contribution in [0.1, 0.15) is 82.7 Å². The van der Waals surface area contributed by atoms with Gasteiger partial charge in [-0.2, -0.15) is 5.10 Å². The number of benzene rings is 1. The fraction of sp³-hybridized carbons (Fsp3) is 0.586. The standard InChI is InChI=1S/C29H39FN6O/c1-4-9-20(2)26-31-27(25-21(3)33-36(28(25)32-26)24-14-12-23(30)13-15-24)34-16-8-17-35(19-18-34)29(37)22-10-6-5-7-11-22/h12-15,20,22H,4-11,16-19H2,1-3H3/t20-/m0/s1. The van der Waals surface area contributed by atoms with Crippen LogP contribution < -0.4 is 4.90 Å². The molecule has 3 heterocycles. The number of carbonyl (C=O) groups is 1. The zero-order valence-electron chi connectivity index (χ0n) is 22.4. The maximum Gasteiger partial charge on any atom is 0.225 e. The van der Waals surface area contributed by atoms with Crippen LogP contribution in [0.5, 0.6) is 0 Å². The van der Waals surface area contributed by atoms with Gasteiger partial charge in [-0.15, -0.1) is 0 Å². The lowest BCUT2D eigenvalue weighted by Crippen LogP contribution is -2.39. The summed E-state index contributed by atoms with van der Waals surface area (Å²) in [6, 6.07) is 6.37. The molecular weight excluding hydrogens is 467 g/mol. The van der Waals surface area contributed by atoms with Crippen molar-refractivity contribution in [2.24, 2.45) is 5.92 Å². The molecule has 1 atom stereocenters. The van der Waals surface area contributed by atoms with E-state index in [1.165, 1.54) is 31.4 Å². The zero-order valence-corrected chi connectivity index (χ0v) is 22.4. The van der Waals surface area contributed by atoms with E-state index in [-0.39, 0.29) is 17.7 Å². The average molecular weight is 507 g/mol. The molecule has 198 valence electrons. The van der Waals surface area contributed by atoms with Crippen molar-refractivity contribution >= 4 is 22.8 Å². The smallest absolute Gasteiger partial charge is 0.225 e. The molecule has 0 radical (unpaired) electrons. The maximum absolute atomic E-state index is 13.6. The highest BCUT2D eigenvalue weighted by molar-refractivity contribution is 5.91. The second-order valence-corrected chi connectivity index (χ2v) is 10.8. The Hall–Kier alpha value is -3.03. The van der Waals surface area contributed by atoms with Crippen LogP contribution in [0.25, 0.3) is 16.7 Å². The first-order valence-corrected chi connectivity index (χ1v) is 14.0.